The summed E-state index contributed by atoms with van der Waals surface area (Å²) in [5.74, 6) is 0.526. The first-order valence-electron chi connectivity index (χ1n) is 13.9. The van der Waals surface area contributed by atoms with Crippen LogP contribution in [0.25, 0.3) is 11.2 Å². The molecule has 0 bridgehead atoms. The molecule has 3 heterocycles. The van der Waals surface area contributed by atoms with Gasteiger partial charge in [-0.1, -0.05) is 51.5 Å². The molecular weight excluding hydrogens is 518 g/mol. The van der Waals surface area contributed by atoms with E-state index < -0.39 is 24.5 Å². The molecule has 40 heavy (non-hydrogen) atoms. The van der Waals surface area contributed by atoms with Gasteiger partial charge in [0.2, 0.25) is 0 Å². The maximum Gasteiger partial charge on any atom is 0.305 e. The van der Waals surface area contributed by atoms with Crippen molar-refractivity contribution in [2.24, 2.45) is 0 Å². The van der Waals surface area contributed by atoms with Gasteiger partial charge in [0.25, 0.3) is 0 Å². The minimum Gasteiger partial charge on any atom is -0.504 e. The number of hydrogen-bond acceptors (Lipinski definition) is 11. The second-order valence-electron chi connectivity index (χ2n) is 10.0. The van der Waals surface area contributed by atoms with E-state index >= 15 is 0 Å². The maximum atomic E-state index is 12.2. The lowest BCUT2D eigenvalue weighted by Gasteiger charge is -2.16. The lowest BCUT2D eigenvalue weighted by atomic mass is 10.1. The van der Waals surface area contributed by atoms with Gasteiger partial charge in [-0.2, -0.15) is 0 Å². The number of carbonyl (C=O) groups excluding carboxylic acids is 1. The van der Waals surface area contributed by atoms with E-state index in [1.807, 2.05) is 0 Å². The molecule has 0 radical (unpaired) electrons. The maximum absolute atomic E-state index is 12.2. The number of phenolic OH excluding ortho intramolecular Hbond substituents is 1. The van der Waals surface area contributed by atoms with E-state index in [1.54, 1.807) is 18.2 Å². The molecule has 1 aliphatic rings. The van der Waals surface area contributed by atoms with Crippen LogP contribution in [0.3, 0.4) is 0 Å². The zero-order valence-corrected chi connectivity index (χ0v) is 23.0. The number of aliphatic hydroxyl groups excluding tert-OH is 2. The van der Waals surface area contributed by atoms with E-state index in [4.69, 9.17) is 14.2 Å². The molecule has 218 valence electrons. The highest BCUT2D eigenvalue weighted by Gasteiger charge is 2.45. The van der Waals surface area contributed by atoms with Crippen LogP contribution in [0.15, 0.2) is 30.9 Å². The Kier molecular flexibility index (Phi) is 10.5. The Balaban J connectivity index is 1.32. The summed E-state index contributed by atoms with van der Waals surface area (Å²) in [7, 11) is 1.48. The molecule has 0 aliphatic carbocycles. The summed E-state index contributed by atoms with van der Waals surface area (Å²) in [5.41, 5.74) is 1.69. The zero-order chi connectivity index (χ0) is 28.5. The average Bonchev–Trinajstić information content (AvgIpc) is 3.51. The number of methoxy groups -OCH3 is 1. The number of hydrogen-bond donors (Lipinski definition) is 4. The molecule has 4 N–H and O–H groups in total. The molecule has 3 aromatic rings. The van der Waals surface area contributed by atoms with E-state index in [-0.39, 0.29) is 18.3 Å². The molecule has 2 aromatic heterocycles. The predicted molar refractivity (Wildman–Crippen MR) is 147 cm³/mol. The highest BCUT2D eigenvalue weighted by Crippen LogP contribution is 2.33. The number of benzene rings is 1. The number of esters is 1. The largest absolute Gasteiger partial charge is 0.504 e. The second-order valence-corrected chi connectivity index (χ2v) is 10.0. The van der Waals surface area contributed by atoms with Crippen LogP contribution in [0.2, 0.25) is 0 Å². The van der Waals surface area contributed by atoms with Gasteiger partial charge in [-0.05, 0) is 24.1 Å². The van der Waals surface area contributed by atoms with Crippen molar-refractivity contribution in [2.45, 2.75) is 89.4 Å². The molecule has 12 nitrogen and oxygen atoms in total. The van der Waals surface area contributed by atoms with Crippen LogP contribution in [-0.2, 0) is 20.8 Å². The third-order valence-electron chi connectivity index (χ3n) is 7.07. The first-order chi connectivity index (χ1) is 19.4. The molecule has 0 amide bonds. The number of nitrogens with one attached hydrogen (secondary N) is 1. The summed E-state index contributed by atoms with van der Waals surface area (Å²) in [5, 5.41) is 34.3. The number of unbranched alkanes of at least 4 members (excludes halogenated alkanes) is 6. The van der Waals surface area contributed by atoms with Crippen LogP contribution in [0.5, 0.6) is 11.5 Å². The summed E-state index contributed by atoms with van der Waals surface area (Å²) in [6.45, 7) is 2.40. The Morgan fingerprint density at radius 2 is 1.85 bits per heavy atom. The molecule has 4 atom stereocenters. The smallest absolute Gasteiger partial charge is 0.305 e. The summed E-state index contributed by atoms with van der Waals surface area (Å²) in [6, 6.07) is 5.02. The molecule has 0 saturated carbocycles. The second kappa shape index (κ2) is 14.2. The van der Waals surface area contributed by atoms with Crippen molar-refractivity contribution in [3.05, 3.63) is 36.4 Å². The van der Waals surface area contributed by atoms with Gasteiger partial charge >= 0.3 is 5.97 Å². The SMILES string of the molecule is CCCCCCCCCC(=O)OC[C@H]1O[C@@H](n2cnc3c(NCc4ccc(O)c(OC)c4)ncnc32)[C@H](O)[C@@H]1O. The van der Waals surface area contributed by atoms with Gasteiger partial charge in [-0.25, -0.2) is 15.0 Å². The predicted octanol–water partition coefficient (Wildman–Crippen LogP) is 3.46. The third-order valence-corrected chi connectivity index (χ3v) is 7.07. The molecule has 0 spiro atoms. The zero-order valence-electron chi connectivity index (χ0n) is 23.0. The topological polar surface area (TPSA) is 161 Å². The number of aromatic hydroxyl groups is 1. The number of fused-ring (bicyclic) bond motifs is 1. The van der Waals surface area contributed by atoms with E-state index in [0.29, 0.717) is 35.7 Å². The van der Waals surface area contributed by atoms with Crippen molar-refractivity contribution >= 4 is 23.0 Å². The third kappa shape index (κ3) is 7.18. The van der Waals surface area contributed by atoms with Gasteiger partial charge in [0, 0.05) is 13.0 Å². The van der Waals surface area contributed by atoms with Crippen LogP contribution < -0.4 is 10.1 Å². The Labute approximate surface area is 233 Å². The van der Waals surface area contributed by atoms with Crippen molar-refractivity contribution < 1.29 is 34.3 Å². The summed E-state index contributed by atoms with van der Waals surface area (Å²) >= 11 is 0. The monoisotopic (exact) mass is 557 g/mol. The highest BCUT2D eigenvalue weighted by molar-refractivity contribution is 5.82. The Morgan fingerprint density at radius 3 is 2.62 bits per heavy atom. The van der Waals surface area contributed by atoms with Crippen molar-refractivity contribution in [2.75, 3.05) is 19.0 Å². The van der Waals surface area contributed by atoms with Crippen LogP contribution in [0.1, 0.15) is 70.1 Å². The van der Waals surface area contributed by atoms with Crippen molar-refractivity contribution in [1.82, 2.24) is 19.5 Å². The molecule has 1 saturated heterocycles. The van der Waals surface area contributed by atoms with Crippen molar-refractivity contribution in [3.8, 4) is 11.5 Å². The minimum atomic E-state index is -1.28. The lowest BCUT2D eigenvalue weighted by molar-refractivity contribution is -0.150. The first kappa shape index (κ1) is 29.5. The Bertz CT molecular complexity index is 1250. The standard InChI is InChI=1S/C28H39N5O7/c1-3-4-5-6-7-8-9-10-22(35)39-15-21-24(36)25(37)28(40-21)33-17-32-23-26(30-16-31-27(23)33)29-14-18-11-12-19(34)20(13-18)38-2/h11-13,16-17,21,24-25,28,34,36-37H,3-10,14-15H2,1-2H3,(H,29,30,31)/t21-,24-,25-,28-/m1/s1. The molecular formula is C28H39N5O7. The fraction of sp³-hybridized carbons (Fsp3) is 0.571. The lowest BCUT2D eigenvalue weighted by Crippen LogP contribution is -2.34. The fourth-order valence-corrected chi connectivity index (χ4v) is 4.76. The molecule has 1 aliphatic heterocycles. The Morgan fingerprint density at radius 1 is 1.07 bits per heavy atom. The van der Waals surface area contributed by atoms with Crippen LogP contribution in [0.4, 0.5) is 5.82 Å². The summed E-state index contributed by atoms with van der Waals surface area (Å²) < 4.78 is 17.9. The molecule has 12 heteroatoms. The quantitative estimate of drug-likeness (QED) is 0.160. The van der Waals surface area contributed by atoms with Gasteiger partial charge in [0.05, 0.1) is 13.4 Å². The number of aliphatic hydroxyl groups is 2. The molecule has 0 unspecified atom stereocenters. The van der Waals surface area contributed by atoms with Gasteiger partial charge in [0.1, 0.15) is 31.2 Å². The fourth-order valence-electron chi connectivity index (χ4n) is 4.76. The van der Waals surface area contributed by atoms with E-state index in [2.05, 4.69) is 27.2 Å². The first-order valence-corrected chi connectivity index (χ1v) is 13.9. The van der Waals surface area contributed by atoms with Gasteiger partial charge in [-0.3, -0.25) is 9.36 Å². The van der Waals surface area contributed by atoms with E-state index in [0.717, 1.165) is 24.8 Å². The van der Waals surface area contributed by atoms with Gasteiger partial charge in [0.15, 0.2) is 34.7 Å². The number of phenols is 1. The highest BCUT2D eigenvalue weighted by atomic mass is 16.6. The Hall–Kier alpha value is -3.48. The molecule has 1 aromatic carbocycles. The van der Waals surface area contributed by atoms with Crippen LogP contribution in [-0.4, -0.2) is 72.8 Å². The van der Waals surface area contributed by atoms with Gasteiger partial charge < -0.3 is 34.8 Å². The van der Waals surface area contributed by atoms with Crippen molar-refractivity contribution in [3.63, 3.8) is 0 Å². The number of anilines is 1. The number of imidazole rings is 1. The van der Waals surface area contributed by atoms with E-state index in [1.165, 1.54) is 50.0 Å². The number of aromatic nitrogens is 4. The average molecular weight is 558 g/mol. The van der Waals surface area contributed by atoms with Crippen LogP contribution in [0, 0.1) is 0 Å². The number of rotatable bonds is 15. The summed E-state index contributed by atoms with van der Waals surface area (Å²) in [6.07, 6.45) is 6.47. The molecule has 1 fully saturated rings. The van der Waals surface area contributed by atoms with E-state index in [9.17, 15) is 20.1 Å². The number of nitrogens with zero attached hydrogens (tertiary/aromatic N) is 4. The summed E-state index contributed by atoms with van der Waals surface area (Å²) in [4.78, 5) is 25.2. The normalized spacial score (nSPS) is 20.6. The molecule has 4 rings (SSSR count). The van der Waals surface area contributed by atoms with Crippen LogP contribution >= 0.6 is 0 Å². The van der Waals surface area contributed by atoms with Crippen molar-refractivity contribution in [1.29, 1.82) is 0 Å². The number of carbonyl (C=O) groups is 1. The minimum absolute atomic E-state index is 0.0490. The number of ether oxygens (including phenoxy) is 3. The van der Waals surface area contributed by atoms with Gasteiger partial charge in [-0.15, -0.1) is 0 Å².